The monoisotopic (exact) mass is 452 g/mol. The van der Waals surface area contributed by atoms with Gasteiger partial charge in [0.15, 0.2) is 22.5 Å². The van der Waals surface area contributed by atoms with Crippen LogP contribution >= 0.6 is 11.8 Å². The van der Waals surface area contributed by atoms with Gasteiger partial charge in [0, 0.05) is 17.7 Å². The maximum absolute atomic E-state index is 12.2. The average Bonchev–Trinajstić information content (AvgIpc) is 3.37. The van der Waals surface area contributed by atoms with Crippen molar-refractivity contribution in [2.45, 2.75) is 51.2 Å². The zero-order valence-corrected chi connectivity index (χ0v) is 19.8. The zero-order valence-electron chi connectivity index (χ0n) is 19.0. The van der Waals surface area contributed by atoms with Crippen LogP contribution in [0.15, 0.2) is 47.6 Å². The Balaban J connectivity index is 1.72. The lowest BCUT2D eigenvalue weighted by atomic mass is 9.87. The summed E-state index contributed by atoms with van der Waals surface area (Å²) in [6.45, 7) is 10.7. The number of nitrogens with one attached hydrogen (secondary N) is 1. The zero-order chi connectivity index (χ0) is 22.9. The summed E-state index contributed by atoms with van der Waals surface area (Å²) < 4.78 is 13.0. The Bertz CT molecular complexity index is 1120. The first-order valence-electron chi connectivity index (χ1n) is 10.6. The summed E-state index contributed by atoms with van der Waals surface area (Å²) in [5.41, 5.74) is 3.10. The van der Waals surface area contributed by atoms with Gasteiger partial charge < -0.3 is 14.8 Å². The molecule has 0 saturated carbocycles. The van der Waals surface area contributed by atoms with Crippen molar-refractivity contribution < 1.29 is 14.3 Å². The topological polar surface area (TPSA) is 78.3 Å². The van der Waals surface area contributed by atoms with Gasteiger partial charge in [-0.15, -0.1) is 10.2 Å². The molecule has 7 nitrogen and oxygen atoms in total. The average molecular weight is 453 g/mol. The number of aromatic nitrogens is 3. The van der Waals surface area contributed by atoms with Crippen LogP contribution in [-0.2, 0) is 10.2 Å². The molecule has 2 heterocycles. The van der Waals surface area contributed by atoms with Gasteiger partial charge in [-0.25, -0.2) is 0 Å². The van der Waals surface area contributed by atoms with Crippen LogP contribution in [0, 0.1) is 0 Å². The molecule has 1 aromatic heterocycles. The van der Waals surface area contributed by atoms with Crippen molar-refractivity contribution in [2.75, 3.05) is 12.5 Å². The van der Waals surface area contributed by atoms with Crippen LogP contribution in [0.5, 0.6) is 11.5 Å². The van der Waals surface area contributed by atoms with Crippen molar-refractivity contribution in [2.24, 2.45) is 0 Å². The predicted octanol–water partition coefficient (Wildman–Crippen LogP) is 4.58. The first-order valence-corrected chi connectivity index (χ1v) is 11.6. The van der Waals surface area contributed by atoms with E-state index in [1.807, 2.05) is 36.6 Å². The lowest BCUT2D eigenvalue weighted by Gasteiger charge is -2.19. The van der Waals surface area contributed by atoms with Gasteiger partial charge in [0.1, 0.15) is 0 Å². The highest BCUT2D eigenvalue weighted by molar-refractivity contribution is 7.99. The third-order valence-electron chi connectivity index (χ3n) is 5.04. The number of benzene rings is 2. The van der Waals surface area contributed by atoms with Gasteiger partial charge in [-0.3, -0.25) is 9.36 Å². The normalized spacial score (nSPS) is 12.9. The highest BCUT2D eigenvalue weighted by Gasteiger charge is 2.21. The van der Waals surface area contributed by atoms with Crippen molar-refractivity contribution >= 4 is 17.7 Å². The van der Waals surface area contributed by atoms with Crippen LogP contribution in [0.2, 0.25) is 0 Å². The summed E-state index contributed by atoms with van der Waals surface area (Å²) >= 11 is 1.35. The minimum Gasteiger partial charge on any atom is -0.454 e. The van der Waals surface area contributed by atoms with Crippen LogP contribution in [0.25, 0.3) is 17.1 Å². The number of fused-ring (bicyclic) bond motifs is 1. The molecular formula is C24H28N4O3S. The first-order chi connectivity index (χ1) is 15.2. The van der Waals surface area contributed by atoms with E-state index in [0.717, 1.165) is 11.3 Å². The lowest BCUT2D eigenvalue weighted by Crippen LogP contribution is -2.31. The van der Waals surface area contributed by atoms with Crippen LogP contribution in [0.3, 0.4) is 0 Å². The number of hydrogen-bond donors (Lipinski definition) is 1. The molecule has 0 aliphatic carbocycles. The SMILES string of the molecule is CC(C)NC(=O)CSc1nnc(-c2ccc(C(C)(C)C)cc2)n1-c1ccc2c(c1)OCO2. The molecular weight excluding hydrogens is 424 g/mol. The second-order valence-electron chi connectivity index (χ2n) is 9.02. The van der Waals surface area contributed by atoms with Gasteiger partial charge in [0.2, 0.25) is 12.7 Å². The van der Waals surface area contributed by atoms with Crippen molar-refractivity contribution in [3.05, 3.63) is 48.0 Å². The predicted molar refractivity (Wildman–Crippen MR) is 126 cm³/mol. The summed E-state index contributed by atoms with van der Waals surface area (Å²) in [5, 5.41) is 12.4. The summed E-state index contributed by atoms with van der Waals surface area (Å²) in [4.78, 5) is 12.2. The Hall–Kier alpha value is -3.00. The number of hydrogen-bond acceptors (Lipinski definition) is 6. The molecule has 0 saturated heterocycles. The minimum atomic E-state index is -0.0404. The van der Waals surface area contributed by atoms with E-state index in [1.165, 1.54) is 17.3 Å². The van der Waals surface area contributed by atoms with Gasteiger partial charge in [-0.1, -0.05) is 56.8 Å². The molecule has 0 bridgehead atoms. The van der Waals surface area contributed by atoms with Crippen molar-refractivity contribution in [3.8, 4) is 28.6 Å². The van der Waals surface area contributed by atoms with Crippen LogP contribution in [-0.4, -0.2) is 39.3 Å². The van der Waals surface area contributed by atoms with E-state index >= 15 is 0 Å². The van der Waals surface area contributed by atoms with Crippen molar-refractivity contribution in [1.29, 1.82) is 0 Å². The number of carbonyl (C=O) groups is 1. The fraction of sp³-hybridized carbons (Fsp3) is 0.375. The molecule has 2 aromatic carbocycles. The fourth-order valence-corrected chi connectivity index (χ4v) is 4.18. The maximum Gasteiger partial charge on any atom is 0.231 e. The molecule has 168 valence electrons. The Morgan fingerprint density at radius 2 is 1.81 bits per heavy atom. The van der Waals surface area contributed by atoms with Gasteiger partial charge in [-0.05, 0) is 37.0 Å². The van der Waals surface area contributed by atoms with Crippen molar-refractivity contribution in [3.63, 3.8) is 0 Å². The molecule has 0 spiro atoms. The van der Waals surface area contributed by atoms with E-state index in [-0.39, 0.29) is 29.9 Å². The number of amides is 1. The largest absolute Gasteiger partial charge is 0.454 e. The molecule has 0 fully saturated rings. The van der Waals surface area contributed by atoms with Crippen molar-refractivity contribution in [1.82, 2.24) is 20.1 Å². The number of rotatable bonds is 6. The summed E-state index contributed by atoms with van der Waals surface area (Å²) in [6, 6.07) is 14.2. The van der Waals surface area contributed by atoms with Gasteiger partial charge in [-0.2, -0.15) is 0 Å². The number of ether oxygens (including phenoxy) is 2. The van der Waals surface area contributed by atoms with E-state index < -0.39 is 0 Å². The van der Waals surface area contributed by atoms with E-state index in [0.29, 0.717) is 22.5 Å². The third kappa shape index (κ3) is 4.75. The molecule has 1 aliphatic rings. The molecule has 0 radical (unpaired) electrons. The second kappa shape index (κ2) is 8.86. The van der Waals surface area contributed by atoms with Crippen LogP contribution < -0.4 is 14.8 Å². The number of thioether (sulfide) groups is 1. The molecule has 8 heteroatoms. The fourth-order valence-electron chi connectivity index (χ4n) is 3.42. The van der Waals surface area contributed by atoms with E-state index in [2.05, 4.69) is 60.6 Å². The third-order valence-corrected chi connectivity index (χ3v) is 5.97. The Morgan fingerprint density at radius 1 is 1.09 bits per heavy atom. The van der Waals surface area contributed by atoms with E-state index in [1.54, 1.807) is 0 Å². The van der Waals surface area contributed by atoms with Gasteiger partial charge in [0.25, 0.3) is 0 Å². The molecule has 4 rings (SSSR count). The molecule has 0 atom stereocenters. The maximum atomic E-state index is 12.2. The summed E-state index contributed by atoms with van der Waals surface area (Å²) in [5.74, 6) is 2.31. The Morgan fingerprint density at radius 3 is 2.50 bits per heavy atom. The Labute approximate surface area is 192 Å². The molecule has 1 aliphatic heterocycles. The minimum absolute atomic E-state index is 0.0404. The summed E-state index contributed by atoms with van der Waals surface area (Å²) in [6.07, 6.45) is 0. The lowest BCUT2D eigenvalue weighted by molar-refractivity contribution is -0.119. The number of carbonyl (C=O) groups excluding carboxylic acids is 1. The van der Waals surface area contributed by atoms with Gasteiger partial charge >= 0.3 is 0 Å². The van der Waals surface area contributed by atoms with Crippen LogP contribution in [0.1, 0.15) is 40.2 Å². The molecule has 3 aromatic rings. The highest BCUT2D eigenvalue weighted by atomic mass is 32.2. The van der Waals surface area contributed by atoms with Gasteiger partial charge in [0.05, 0.1) is 11.4 Å². The molecule has 0 unspecified atom stereocenters. The molecule has 1 amide bonds. The Kier molecular flexibility index (Phi) is 6.15. The second-order valence-corrected chi connectivity index (χ2v) is 9.96. The van der Waals surface area contributed by atoms with E-state index in [4.69, 9.17) is 9.47 Å². The van der Waals surface area contributed by atoms with Crippen LogP contribution in [0.4, 0.5) is 0 Å². The smallest absolute Gasteiger partial charge is 0.231 e. The molecule has 1 N–H and O–H groups in total. The highest BCUT2D eigenvalue weighted by Crippen LogP contribution is 2.36. The summed E-state index contributed by atoms with van der Waals surface area (Å²) in [7, 11) is 0. The first kappa shape index (κ1) is 22.2. The molecule has 32 heavy (non-hydrogen) atoms. The standard InChI is InChI=1S/C24H28N4O3S/c1-15(2)25-21(29)13-32-23-27-26-22(16-6-8-17(9-7-16)24(3,4)5)28(23)18-10-11-19-20(12-18)31-14-30-19/h6-12,15H,13-14H2,1-5H3,(H,25,29). The quantitative estimate of drug-likeness (QED) is 0.552. The number of nitrogens with zero attached hydrogens (tertiary/aromatic N) is 3. The van der Waals surface area contributed by atoms with E-state index in [9.17, 15) is 4.79 Å².